The van der Waals surface area contributed by atoms with Crippen LogP contribution in [0.3, 0.4) is 0 Å². The van der Waals surface area contributed by atoms with Crippen molar-refractivity contribution in [1.82, 2.24) is 9.78 Å². The van der Waals surface area contributed by atoms with Crippen LogP contribution >= 0.6 is 0 Å². The Morgan fingerprint density at radius 1 is 1.12 bits per heavy atom. The second kappa shape index (κ2) is 6.89. The van der Waals surface area contributed by atoms with Crippen LogP contribution in [0, 0.1) is 0 Å². The Morgan fingerprint density at radius 3 is 2.27 bits per heavy atom. The zero-order chi connectivity index (χ0) is 18.9. The molecule has 0 saturated carbocycles. The topological polar surface area (TPSA) is 62.6 Å². The molecule has 0 unspecified atom stereocenters. The van der Waals surface area contributed by atoms with Crippen molar-refractivity contribution >= 4 is 18.6 Å². The molecule has 6 nitrogen and oxygen atoms in total. The van der Waals surface area contributed by atoms with Crippen molar-refractivity contribution in [1.29, 1.82) is 0 Å². The maximum atomic E-state index is 11.3. The van der Waals surface area contributed by atoms with E-state index < -0.39 is 7.12 Å². The predicted molar refractivity (Wildman–Crippen MR) is 99.2 cm³/mol. The SMILES string of the molecule is COC(=O)Cc1ccc(Cn2cc(B3OC(C)(C)C(C)(C)O3)cn2)cc1. The Hall–Kier alpha value is -2.12. The summed E-state index contributed by atoms with van der Waals surface area (Å²) in [5.74, 6) is -0.239. The number of nitrogens with zero attached hydrogens (tertiary/aromatic N) is 2. The fourth-order valence-electron chi connectivity index (χ4n) is 2.76. The molecular formula is C19H25BN2O4. The van der Waals surface area contributed by atoms with Crippen LogP contribution in [-0.4, -0.2) is 41.2 Å². The Labute approximate surface area is 154 Å². The number of ether oxygens (including phenoxy) is 1. The first-order valence-electron chi connectivity index (χ1n) is 8.73. The molecule has 7 heteroatoms. The lowest BCUT2D eigenvalue weighted by atomic mass is 9.82. The van der Waals surface area contributed by atoms with E-state index in [2.05, 4.69) is 9.84 Å². The van der Waals surface area contributed by atoms with Gasteiger partial charge in [-0.3, -0.25) is 9.48 Å². The maximum Gasteiger partial charge on any atom is 0.498 e. The van der Waals surface area contributed by atoms with Gasteiger partial charge in [-0.05, 0) is 38.8 Å². The fraction of sp³-hybridized carbons (Fsp3) is 0.474. The van der Waals surface area contributed by atoms with Gasteiger partial charge in [-0.15, -0.1) is 0 Å². The van der Waals surface area contributed by atoms with Crippen molar-refractivity contribution in [3.63, 3.8) is 0 Å². The summed E-state index contributed by atoms with van der Waals surface area (Å²) in [5, 5.41) is 4.42. The molecular weight excluding hydrogens is 331 g/mol. The Morgan fingerprint density at radius 2 is 1.69 bits per heavy atom. The monoisotopic (exact) mass is 356 g/mol. The molecule has 0 spiro atoms. The van der Waals surface area contributed by atoms with Crippen molar-refractivity contribution in [2.75, 3.05) is 7.11 Å². The van der Waals surface area contributed by atoms with Crippen LogP contribution < -0.4 is 5.46 Å². The lowest BCUT2D eigenvalue weighted by Crippen LogP contribution is -2.41. The van der Waals surface area contributed by atoms with Gasteiger partial charge in [0.2, 0.25) is 0 Å². The summed E-state index contributed by atoms with van der Waals surface area (Å²) in [4.78, 5) is 11.3. The van der Waals surface area contributed by atoms with Gasteiger partial charge in [0.05, 0.1) is 31.3 Å². The third-order valence-corrected chi connectivity index (χ3v) is 5.12. The standard InChI is InChI=1S/C19H25BN2O4/c1-18(2)19(3,4)26-20(25-18)16-11-21-22(13-16)12-15-8-6-14(7-9-15)10-17(23)24-5/h6-9,11,13H,10,12H2,1-5H3. The van der Waals surface area contributed by atoms with E-state index in [1.807, 2.05) is 62.8 Å². The highest BCUT2D eigenvalue weighted by molar-refractivity contribution is 6.61. The van der Waals surface area contributed by atoms with E-state index in [1.54, 1.807) is 6.20 Å². The molecule has 1 aliphatic rings. The van der Waals surface area contributed by atoms with E-state index in [0.717, 1.165) is 16.6 Å². The lowest BCUT2D eigenvalue weighted by molar-refractivity contribution is -0.139. The van der Waals surface area contributed by atoms with Crippen LogP contribution in [0.5, 0.6) is 0 Å². The minimum atomic E-state index is -0.406. The largest absolute Gasteiger partial charge is 0.498 e. The lowest BCUT2D eigenvalue weighted by Gasteiger charge is -2.32. The molecule has 1 aromatic heterocycles. The number of rotatable bonds is 5. The van der Waals surface area contributed by atoms with Gasteiger partial charge in [0, 0.05) is 17.9 Å². The number of carbonyl (C=O) groups excluding carboxylic acids is 1. The van der Waals surface area contributed by atoms with Gasteiger partial charge in [-0.25, -0.2) is 0 Å². The molecule has 1 aliphatic heterocycles. The van der Waals surface area contributed by atoms with Crippen molar-refractivity contribution in [3.05, 3.63) is 47.8 Å². The first-order chi connectivity index (χ1) is 12.2. The molecule has 1 aromatic carbocycles. The summed E-state index contributed by atoms with van der Waals surface area (Å²) >= 11 is 0. The predicted octanol–water partition coefficient (Wildman–Crippen LogP) is 1.95. The first kappa shape index (κ1) is 18.7. The van der Waals surface area contributed by atoms with Gasteiger partial charge < -0.3 is 14.0 Å². The molecule has 0 radical (unpaired) electrons. The van der Waals surface area contributed by atoms with E-state index in [1.165, 1.54) is 7.11 Å². The molecule has 0 aliphatic carbocycles. The highest BCUT2D eigenvalue weighted by Crippen LogP contribution is 2.36. The van der Waals surface area contributed by atoms with E-state index in [-0.39, 0.29) is 23.6 Å². The number of hydrogen-bond acceptors (Lipinski definition) is 5. The van der Waals surface area contributed by atoms with Gasteiger partial charge in [0.15, 0.2) is 0 Å². The Balaban J connectivity index is 1.65. The summed E-state index contributed by atoms with van der Waals surface area (Å²) in [7, 11) is 0.989. The number of methoxy groups -OCH3 is 1. The molecule has 1 saturated heterocycles. The summed E-state index contributed by atoms with van der Waals surface area (Å²) in [6.45, 7) is 8.78. The molecule has 2 heterocycles. The van der Waals surface area contributed by atoms with Crippen LogP contribution in [0.4, 0.5) is 0 Å². The zero-order valence-electron chi connectivity index (χ0n) is 16.0. The summed E-state index contributed by atoms with van der Waals surface area (Å²) in [6, 6.07) is 7.86. The zero-order valence-corrected chi connectivity index (χ0v) is 16.0. The Kier molecular flexibility index (Phi) is 4.95. The highest BCUT2D eigenvalue weighted by Gasteiger charge is 2.52. The van der Waals surface area contributed by atoms with Gasteiger partial charge in [-0.1, -0.05) is 24.3 Å². The molecule has 0 atom stereocenters. The second-order valence-corrected chi connectivity index (χ2v) is 7.63. The molecule has 26 heavy (non-hydrogen) atoms. The average molecular weight is 356 g/mol. The van der Waals surface area contributed by atoms with Gasteiger partial charge >= 0.3 is 13.1 Å². The van der Waals surface area contributed by atoms with Gasteiger partial charge in [0.25, 0.3) is 0 Å². The molecule has 3 rings (SSSR count). The molecule has 1 fully saturated rings. The third-order valence-electron chi connectivity index (χ3n) is 5.12. The van der Waals surface area contributed by atoms with Crippen LogP contribution in [0.25, 0.3) is 0 Å². The molecule has 0 N–H and O–H groups in total. The minimum Gasteiger partial charge on any atom is -0.469 e. The van der Waals surface area contributed by atoms with Gasteiger partial charge in [-0.2, -0.15) is 5.10 Å². The van der Waals surface area contributed by atoms with Crippen molar-refractivity contribution < 1.29 is 18.8 Å². The van der Waals surface area contributed by atoms with E-state index >= 15 is 0 Å². The van der Waals surface area contributed by atoms with Crippen LogP contribution in [0.2, 0.25) is 0 Å². The Bertz CT molecular complexity index is 767. The number of hydrogen-bond donors (Lipinski definition) is 0. The summed E-state index contributed by atoms with van der Waals surface area (Å²) in [5.41, 5.74) is 2.21. The number of carbonyl (C=O) groups is 1. The van der Waals surface area contributed by atoms with Crippen LogP contribution in [-0.2, 0) is 31.8 Å². The summed E-state index contributed by atoms with van der Waals surface area (Å²) < 4.78 is 18.7. The molecule has 2 aromatic rings. The van der Waals surface area contributed by atoms with Crippen molar-refractivity contribution in [2.45, 2.75) is 51.9 Å². The van der Waals surface area contributed by atoms with E-state index in [0.29, 0.717) is 6.54 Å². The van der Waals surface area contributed by atoms with E-state index in [4.69, 9.17) is 9.31 Å². The smallest absolute Gasteiger partial charge is 0.469 e. The highest BCUT2D eigenvalue weighted by atomic mass is 16.7. The van der Waals surface area contributed by atoms with Crippen molar-refractivity contribution in [2.24, 2.45) is 0 Å². The average Bonchev–Trinajstić information content (AvgIpc) is 3.11. The normalized spacial score (nSPS) is 18.1. The van der Waals surface area contributed by atoms with Crippen LogP contribution in [0.15, 0.2) is 36.7 Å². The quantitative estimate of drug-likeness (QED) is 0.605. The van der Waals surface area contributed by atoms with Crippen LogP contribution in [0.1, 0.15) is 38.8 Å². The fourth-order valence-corrected chi connectivity index (χ4v) is 2.76. The molecule has 0 amide bonds. The number of benzene rings is 1. The van der Waals surface area contributed by atoms with E-state index in [9.17, 15) is 4.79 Å². The second-order valence-electron chi connectivity index (χ2n) is 7.63. The molecule has 138 valence electrons. The summed E-state index contributed by atoms with van der Waals surface area (Å²) in [6.07, 6.45) is 4.02. The minimum absolute atomic E-state index is 0.239. The first-order valence-corrected chi connectivity index (χ1v) is 8.73. The molecule has 0 bridgehead atoms. The van der Waals surface area contributed by atoms with Gasteiger partial charge in [0.1, 0.15) is 0 Å². The maximum absolute atomic E-state index is 11.3. The van der Waals surface area contributed by atoms with Crippen molar-refractivity contribution in [3.8, 4) is 0 Å². The number of aromatic nitrogens is 2. The third kappa shape index (κ3) is 3.84. The number of esters is 1.